The van der Waals surface area contributed by atoms with Gasteiger partial charge in [-0.05, 0) is 36.4 Å². The average molecular weight is 346 g/mol. The lowest BCUT2D eigenvalue weighted by Crippen LogP contribution is -2.12. The minimum absolute atomic E-state index is 0.141. The van der Waals surface area contributed by atoms with Crippen LogP contribution >= 0.6 is 15.9 Å². The molecule has 0 bridgehead atoms. The van der Waals surface area contributed by atoms with E-state index >= 15 is 0 Å². The number of nitrogens with zero attached hydrogens (tertiary/aromatic N) is 1. The number of ether oxygens (including phenoxy) is 2. The van der Waals surface area contributed by atoms with Crippen LogP contribution in [0, 0.1) is 11.3 Å². The highest BCUT2D eigenvalue weighted by atomic mass is 79.9. The van der Waals surface area contributed by atoms with Gasteiger partial charge in [0.1, 0.15) is 19.0 Å². The van der Waals surface area contributed by atoms with Crippen LogP contribution in [0.3, 0.4) is 0 Å². The smallest absolute Gasteiger partial charge is 0.338 e. The Hall–Kier alpha value is -2.32. The molecule has 0 aliphatic heterocycles. The second-order valence-electron chi connectivity index (χ2n) is 4.13. The van der Waals surface area contributed by atoms with Crippen molar-refractivity contribution in [2.45, 2.75) is 0 Å². The van der Waals surface area contributed by atoms with E-state index in [-0.39, 0.29) is 13.2 Å². The van der Waals surface area contributed by atoms with E-state index in [0.29, 0.717) is 16.9 Å². The quantitative estimate of drug-likeness (QED) is 0.614. The molecule has 0 fully saturated rings. The molecule has 21 heavy (non-hydrogen) atoms. The first-order chi connectivity index (χ1) is 10.2. The topological polar surface area (TPSA) is 59.3 Å². The predicted molar refractivity (Wildman–Crippen MR) is 81.1 cm³/mol. The molecule has 2 aromatic carbocycles. The molecule has 2 aromatic rings. The van der Waals surface area contributed by atoms with Crippen LogP contribution in [0.25, 0.3) is 0 Å². The molecule has 5 heteroatoms. The SMILES string of the molecule is N#Cc1cccc(C(=O)OCCOc2cccc(Br)c2)c1. The molecule has 0 heterocycles. The molecule has 0 unspecified atom stereocenters. The first kappa shape index (κ1) is 15.1. The summed E-state index contributed by atoms with van der Waals surface area (Å²) in [6, 6.07) is 15.8. The van der Waals surface area contributed by atoms with Gasteiger partial charge in [0.25, 0.3) is 0 Å². The van der Waals surface area contributed by atoms with E-state index in [1.807, 2.05) is 30.3 Å². The number of halogens is 1. The van der Waals surface area contributed by atoms with Crippen LogP contribution in [-0.4, -0.2) is 19.2 Å². The van der Waals surface area contributed by atoms with Gasteiger partial charge in [0.2, 0.25) is 0 Å². The number of benzene rings is 2. The van der Waals surface area contributed by atoms with E-state index < -0.39 is 5.97 Å². The van der Waals surface area contributed by atoms with Gasteiger partial charge in [-0.25, -0.2) is 4.79 Å². The lowest BCUT2D eigenvalue weighted by Gasteiger charge is -2.07. The van der Waals surface area contributed by atoms with Gasteiger partial charge in [0.15, 0.2) is 0 Å². The fraction of sp³-hybridized carbons (Fsp3) is 0.125. The lowest BCUT2D eigenvalue weighted by atomic mass is 10.1. The molecule has 0 N–H and O–H groups in total. The summed E-state index contributed by atoms with van der Waals surface area (Å²) in [4.78, 5) is 11.8. The van der Waals surface area contributed by atoms with Crippen molar-refractivity contribution in [1.82, 2.24) is 0 Å². The number of rotatable bonds is 5. The number of esters is 1. The molecule has 0 amide bonds. The largest absolute Gasteiger partial charge is 0.490 e. The van der Waals surface area contributed by atoms with Crippen LogP contribution in [-0.2, 0) is 4.74 Å². The van der Waals surface area contributed by atoms with Crippen LogP contribution in [0.2, 0.25) is 0 Å². The third-order valence-electron chi connectivity index (χ3n) is 2.61. The van der Waals surface area contributed by atoms with Crippen molar-refractivity contribution in [2.24, 2.45) is 0 Å². The summed E-state index contributed by atoms with van der Waals surface area (Å²) in [5.74, 6) is 0.233. The maximum atomic E-state index is 11.8. The Morgan fingerprint density at radius 2 is 1.95 bits per heavy atom. The van der Waals surface area contributed by atoms with Crippen molar-refractivity contribution in [3.8, 4) is 11.8 Å². The van der Waals surface area contributed by atoms with Crippen molar-refractivity contribution >= 4 is 21.9 Å². The Labute approximate surface area is 131 Å². The molecule has 0 aliphatic rings. The van der Waals surface area contributed by atoms with Crippen molar-refractivity contribution in [3.05, 3.63) is 64.1 Å². The lowest BCUT2D eigenvalue weighted by molar-refractivity contribution is 0.0450. The molecule has 106 valence electrons. The van der Waals surface area contributed by atoms with E-state index in [1.54, 1.807) is 18.2 Å². The minimum Gasteiger partial charge on any atom is -0.490 e. The van der Waals surface area contributed by atoms with Gasteiger partial charge in [-0.15, -0.1) is 0 Å². The van der Waals surface area contributed by atoms with E-state index in [2.05, 4.69) is 15.9 Å². The van der Waals surface area contributed by atoms with Crippen LogP contribution in [0.4, 0.5) is 0 Å². The Kier molecular flexibility index (Phi) is 5.35. The zero-order valence-electron chi connectivity index (χ0n) is 11.1. The molecule has 0 aromatic heterocycles. The van der Waals surface area contributed by atoms with Crippen LogP contribution in [0.1, 0.15) is 15.9 Å². The van der Waals surface area contributed by atoms with Crippen LogP contribution in [0.5, 0.6) is 5.75 Å². The Balaban J connectivity index is 1.80. The molecule has 0 saturated carbocycles. The van der Waals surface area contributed by atoms with E-state index in [1.165, 1.54) is 6.07 Å². The van der Waals surface area contributed by atoms with Crippen molar-refractivity contribution < 1.29 is 14.3 Å². The van der Waals surface area contributed by atoms with Gasteiger partial charge in [0.05, 0.1) is 17.2 Å². The zero-order valence-corrected chi connectivity index (χ0v) is 12.7. The van der Waals surface area contributed by atoms with Crippen molar-refractivity contribution in [2.75, 3.05) is 13.2 Å². The van der Waals surface area contributed by atoms with Crippen molar-refractivity contribution in [3.63, 3.8) is 0 Å². The summed E-state index contributed by atoms with van der Waals surface area (Å²) in [7, 11) is 0. The number of hydrogen-bond acceptors (Lipinski definition) is 4. The molecular formula is C16H12BrNO3. The van der Waals surface area contributed by atoms with E-state index in [9.17, 15) is 4.79 Å². The van der Waals surface area contributed by atoms with Gasteiger partial charge < -0.3 is 9.47 Å². The van der Waals surface area contributed by atoms with Gasteiger partial charge >= 0.3 is 5.97 Å². The average Bonchev–Trinajstić information content (AvgIpc) is 2.51. The third kappa shape index (κ3) is 4.62. The predicted octanol–water partition coefficient (Wildman–Crippen LogP) is 3.56. The highest BCUT2D eigenvalue weighted by Crippen LogP contribution is 2.17. The summed E-state index contributed by atoms with van der Waals surface area (Å²) in [6.07, 6.45) is 0. The maximum absolute atomic E-state index is 11.8. The molecular weight excluding hydrogens is 334 g/mol. The molecule has 0 aliphatic carbocycles. The second-order valence-corrected chi connectivity index (χ2v) is 5.05. The number of nitriles is 1. The number of hydrogen-bond donors (Lipinski definition) is 0. The summed E-state index contributed by atoms with van der Waals surface area (Å²) in [5, 5.41) is 8.78. The molecule has 0 atom stereocenters. The molecule has 4 nitrogen and oxygen atoms in total. The van der Waals surface area contributed by atoms with Gasteiger partial charge in [-0.2, -0.15) is 5.26 Å². The zero-order chi connectivity index (χ0) is 15.1. The Morgan fingerprint density at radius 1 is 1.14 bits per heavy atom. The standard InChI is InChI=1S/C16H12BrNO3/c17-14-5-2-6-15(10-14)20-7-8-21-16(19)13-4-1-3-12(9-13)11-18/h1-6,9-10H,7-8H2. The van der Waals surface area contributed by atoms with E-state index in [4.69, 9.17) is 14.7 Å². The van der Waals surface area contributed by atoms with Crippen LogP contribution in [0.15, 0.2) is 53.0 Å². The molecule has 0 saturated heterocycles. The highest BCUT2D eigenvalue weighted by Gasteiger charge is 2.07. The summed E-state index contributed by atoms with van der Waals surface area (Å²) in [6.45, 7) is 0.405. The second kappa shape index (κ2) is 7.46. The molecule has 0 spiro atoms. The normalized spacial score (nSPS) is 9.71. The van der Waals surface area contributed by atoms with Gasteiger partial charge in [-0.3, -0.25) is 0 Å². The fourth-order valence-electron chi connectivity index (χ4n) is 1.65. The maximum Gasteiger partial charge on any atom is 0.338 e. The van der Waals surface area contributed by atoms with Gasteiger partial charge in [-0.1, -0.05) is 28.1 Å². The fourth-order valence-corrected chi connectivity index (χ4v) is 2.03. The van der Waals surface area contributed by atoms with Gasteiger partial charge in [0, 0.05) is 4.47 Å². The Morgan fingerprint density at radius 3 is 2.71 bits per heavy atom. The summed E-state index contributed by atoms with van der Waals surface area (Å²) >= 11 is 3.35. The summed E-state index contributed by atoms with van der Waals surface area (Å²) < 4.78 is 11.5. The first-order valence-corrected chi connectivity index (χ1v) is 7.04. The molecule has 0 radical (unpaired) electrons. The number of carbonyl (C=O) groups excluding carboxylic acids is 1. The number of carbonyl (C=O) groups is 1. The third-order valence-corrected chi connectivity index (χ3v) is 3.10. The minimum atomic E-state index is -0.468. The Bertz CT molecular complexity index is 679. The molecule has 2 rings (SSSR count). The summed E-state index contributed by atoms with van der Waals surface area (Å²) in [5.41, 5.74) is 0.784. The monoisotopic (exact) mass is 345 g/mol. The van der Waals surface area contributed by atoms with Crippen molar-refractivity contribution in [1.29, 1.82) is 5.26 Å². The first-order valence-electron chi connectivity index (χ1n) is 6.25. The van der Waals surface area contributed by atoms with Crippen LogP contribution < -0.4 is 4.74 Å². The van der Waals surface area contributed by atoms with E-state index in [0.717, 1.165) is 4.47 Å². The highest BCUT2D eigenvalue weighted by molar-refractivity contribution is 9.10.